The van der Waals surface area contributed by atoms with Gasteiger partial charge in [0.05, 0.1) is 13.2 Å². The zero-order valence-electron chi connectivity index (χ0n) is 12.8. The van der Waals surface area contributed by atoms with Crippen LogP contribution in [0.25, 0.3) is 0 Å². The maximum atomic E-state index is 6.17. The number of morpholine rings is 1. The third-order valence-corrected chi connectivity index (χ3v) is 5.10. The molecule has 0 radical (unpaired) electrons. The van der Waals surface area contributed by atoms with Crippen LogP contribution in [-0.2, 0) is 11.3 Å². The van der Waals surface area contributed by atoms with E-state index in [0.29, 0.717) is 0 Å². The van der Waals surface area contributed by atoms with Gasteiger partial charge in [-0.05, 0) is 18.4 Å². The molecule has 3 rings (SSSR count). The van der Waals surface area contributed by atoms with E-state index in [1.807, 2.05) is 0 Å². The fraction of sp³-hybridized carbons (Fsp3) is 0.647. The lowest BCUT2D eigenvalue weighted by Gasteiger charge is -2.49. The molecule has 2 saturated heterocycles. The Labute approximate surface area is 127 Å². The van der Waals surface area contributed by atoms with Gasteiger partial charge in [0.1, 0.15) is 0 Å². The highest BCUT2D eigenvalue weighted by molar-refractivity contribution is 5.14. The molecule has 0 aliphatic carbocycles. The minimum Gasteiger partial charge on any atom is -0.379 e. The van der Waals surface area contributed by atoms with E-state index in [1.165, 1.54) is 18.4 Å². The number of likely N-dealkylation sites (tertiary alicyclic amines) is 1. The first-order valence-electron chi connectivity index (χ1n) is 8.12. The smallest absolute Gasteiger partial charge is 0.0594 e. The van der Waals surface area contributed by atoms with Gasteiger partial charge in [-0.3, -0.25) is 9.80 Å². The van der Waals surface area contributed by atoms with Crippen LogP contribution < -0.4 is 5.73 Å². The highest BCUT2D eigenvalue weighted by Crippen LogP contribution is 2.29. The highest BCUT2D eigenvalue weighted by atomic mass is 16.5. The van der Waals surface area contributed by atoms with Crippen molar-refractivity contribution in [3.05, 3.63) is 35.9 Å². The average Bonchev–Trinajstić information content (AvgIpc) is 2.58. The number of ether oxygens (including phenoxy) is 1. The number of hydrogen-bond donors (Lipinski definition) is 1. The van der Waals surface area contributed by atoms with Crippen LogP contribution in [-0.4, -0.2) is 61.3 Å². The maximum Gasteiger partial charge on any atom is 0.0594 e. The Morgan fingerprint density at radius 1 is 1.00 bits per heavy atom. The van der Waals surface area contributed by atoms with E-state index >= 15 is 0 Å². The number of piperidine rings is 1. The molecule has 0 unspecified atom stereocenters. The molecule has 116 valence electrons. The molecule has 0 bridgehead atoms. The van der Waals surface area contributed by atoms with Gasteiger partial charge in [0.2, 0.25) is 0 Å². The number of nitrogens with zero attached hydrogens (tertiary/aromatic N) is 2. The van der Waals surface area contributed by atoms with Gasteiger partial charge in [-0.25, -0.2) is 0 Å². The van der Waals surface area contributed by atoms with Crippen LogP contribution in [0.5, 0.6) is 0 Å². The molecule has 2 N–H and O–H groups in total. The topological polar surface area (TPSA) is 41.7 Å². The Bertz CT molecular complexity index is 423. The van der Waals surface area contributed by atoms with Crippen molar-refractivity contribution in [1.29, 1.82) is 0 Å². The maximum absolute atomic E-state index is 6.17. The Hall–Kier alpha value is -0.940. The molecule has 2 aliphatic heterocycles. The molecule has 0 spiro atoms. The van der Waals surface area contributed by atoms with Gasteiger partial charge in [0, 0.05) is 44.8 Å². The van der Waals surface area contributed by atoms with Crippen molar-refractivity contribution in [1.82, 2.24) is 9.80 Å². The summed E-state index contributed by atoms with van der Waals surface area (Å²) >= 11 is 0. The highest BCUT2D eigenvalue weighted by Gasteiger charge is 2.39. The Balaban J connectivity index is 1.57. The zero-order valence-corrected chi connectivity index (χ0v) is 12.8. The van der Waals surface area contributed by atoms with Gasteiger partial charge in [-0.15, -0.1) is 0 Å². The van der Waals surface area contributed by atoms with Crippen LogP contribution in [0.4, 0.5) is 0 Å². The third kappa shape index (κ3) is 3.46. The fourth-order valence-corrected chi connectivity index (χ4v) is 3.66. The van der Waals surface area contributed by atoms with Crippen molar-refractivity contribution in [2.75, 3.05) is 45.9 Å². The van der Waals surface area contributed by atoms with E-state index in [4.69, 9.17) is 10.5 Å². The summed E-state index contributed by atoms with van der Waals surface area (Å²) in [5.74, 6) is 0. The van der Waals surface area contributed by atoms with Crippen molar-refractivity contribution in [2.45, 2.75) is 24.9 Å². The Kier molecular flexibility index (Phi) is 4.91. The largest absolute Gasteiger partial charge is 0.379 e. The SMILES string of the molecule is NCC1(N2CCOCC2)CCN(Cc2ccccc2)CC1. The lowest BCUT2D eigenvalue weighted by molar-refractivity contribution is -0.0446. The number of hydrogen-bond acceptors (Lipinski definition) is 4. The molecule has 2 heterocycles. The summed E-state index contributed by atoms with van der Waals surface area (Å²) in [6.45, 7) is 7.90. The van der Waals surface area contributed by atoms with Gasteiger partial charge < -0.3 is 10.5 Å². The molecule has 0 saturated carbocycles. The number of nitrogens with two attached hydrogens (primary N) is 1. The zero-order chi connectivity index (χ0) is 14.5. The average molecular weight is 289 g/mol. The molecule has 4 heteroatoms. The predicted octanol–water partition coefficient (Wildman–Crippen LogP) is 1.31. The summed E-state index contributed by atoms with van der Waals surface area (Å²) in [5.41, 5.74) is 7.78. The molecule has 4 nitrogen and oxygen atoms in total. The van der Waals surface area contributed by atoms with Crippen molar-refractivity contribution >= 4 is 0 Å². The Morgan fingerprint density at radius 2 is 1.67 bits per heavy atom. The van der Waals surface area contributed by atoms with E-state index in [1.54, 1.807) is 0 Å². The monoisotopic (exact) mass is 289 g/mol. The van der Waals surface area contributed by atoms with Crippen molar-refractivity contribution in [3.63, 3.8) is 0 Å². The second-order valence-electron chi connectivity index (χ2n) is 6.29. The summed E-state index contributed by atoms with van der Waals surface area (Å²) in [4.78, 5) is 5.14. The summed E-state index contributed by atoms with van der Waals surface area (Å²) in [6, 6.07) is 10.8. The molecule has 21 heavy (non-hydrogen) atoms. The standard InChI is InChI=1S/C17H27N3O/c18-15-17(20-10-12-21-13-11-20)6-8-19(9-7-17)14-16-4-2-1-3-5-16/h1-5H,6-15,18H2. The quantitative estimate of drug-likeness (QED) is 0.907. The summed E-state index contributed by atoms with van der Waals surface area (Å²) in [6.07, 6.45) is 2.35. The van der Waals surface area contributed by atoms with E-state index in [-0.39, 0.29) is 5.54 Å². The molecular formula is C17H27N3O. The second-order valence-corrected chi connectivity index (χ2v) is 6.29. The van der Waals surface area contributed by atoms with Gasteiger partial charge in [-0.2, -0.15) is 0 Å². The molecule has 1 aromatic rings. The first-order chi connectivity index (χ1) is 10.3. The van der Waals surface area contributed by atoms with Crippen LogP contribution >= 0.6 is 0 Å². The Morgan fingerprint density at radius 3 is 2.29 bits per heavy atom. The van der Waals surface area contributed by atoms with E-state index in [2.05, 4.69) is 40.1 Å². The van der Waals surface area contributed by atoms with Gasteiger partial charge in [0.25, 0.3) is 0 Å². The van der Waals surface area contributed by atoms with Crippen LogP contribution in [0, 0.1) is 0 Å². The molecule has 0 amide bonds. The fourth-order valence-electron chi connectivity index (χ4n) is 3.66. The summed E-state index contributed by atoms with van der Waals surface area (Å²) < 4.78 is 5.49. The van der Waals surface area contributed by atoms with Crippen LogP contribution in [0.2, 0.25) is 0 Å². The molecule has 1 aromatic carbocycles. The molecule has 2 fully saturated rings. The second kappa shape index (κ2) is 6.88. The van der Waals surface area contributed by atoms with E-state index in [9.17, 15) is 0 Å². The number of rotatable bonds is 4. The molecule has 0 aromatic heterocycles. The van der Waals surface area contributed by atoms with E-state index in [0.717, 1.165) is 52.5 Å². The lowest BCUT2D eigenvalue weighted by atomic mass is 9.85. The first-order valence-corrected chi connectivity index (χ1v) is 8.12. The van der Waals surface area contributed by atoms with Crippen molar-refractivity contribution in [2.24, 2.45) is 5.73 Å². The van der Waals surface area contributed by atoms with Crippen LogP contribution in [0.1, 0.15) is 18.4 Å². The van der Waals surface area contributed by atoms with Crippen LogP contribution in [0.3, 0.4) is 0 Å². The first kappa shape index (κ1) is 15.0. The molecular weight excluding hydrogens is 262 g/mol. The third-order valence-electron chi connectivity index (χ3n) is 5.10. The van der Waals surface area contributed by atoms with Gasteiger partial charge >= 0.3 is 0 Å². The van der Waals surface area contributed by atoms with Crippen molar-refractivity contribution < 1.29 is 4.74 Å². The minimum absolute atomic E-state index is 0.205. The normalized spacial score (nSPS) is 24.0. The summed E-state index contributed by atoms with van der Waals surface area (Å²) in [5, 5.41) is 0. The summed E-state index contributed by atoms with van der Waals surface area (Å²) in [7, 11) is 0. The lowest BCUT2D eigenvalue weighted by Crippen LogP contribution is -2.61. The van der Waals surface area contributed by atoms with Gasteiger partial charge in [-0.1, -0.05) is 30.3 Å². The van der Waals surface area contributed by atoms with Crippen LogP contribution in [0.15, 0.2) is 30.3 Å². The van der Waals surface area contributed by atoms with Gasteiger partial charge in [0.15, 0.2) is 0 Å². The van der Waals surface area contributed by atoms with E-state index < -0.39 is 0 Å². The minimum atomic E-state index is 0.205. The van der Waals surface area contributed by atoms with Crippen molar-refractivity contribution in [3.8, 4) is 0 Å². The molecule has 2 aliphatic rings. The molecule has 0 atom stereocenters. The number of benzene rings is 1. The predicted molar refractivity (Wildman–Crippen MR) is 85.1 cm³/mol.